The Kier molecular flexibility index (Phi) is 6.14. The van der Waals surface area contributed by atoms with Gasteiger partial charge < -0.3 is 19.8 Å². The number of hydrogen-bond donors (Lipinski definition) is 2. The summed E-state index contributed by atoms with van der Waals surface area (Å²) in [4.78, 5) is 20.1. The second-order valence-corrected chi connectivity index (χ2v) is 6.91. The van der Waals surface area contributed by atoms with Crippen molar-refractivity contribution in [2.45, 2.75) is 6.61 Å². The lowest BCUT2D eigenvalue weighted by Gasteiger charge is -2.06. The number of aromatic amines is 1. The number of H-pyrrole nitrogens is 1. The molecular formula is C25H20N4O3. The van der Waals surface area contributed by atoms with Crippen molar-refractivity contribution in [3.8, 4) is 17.6 Å². The average molecular weight is 424 g/mol. The lowest BCUT2D eigenvalue weighted by molar-refractivity contribution is -0.112. The van der Waals surface area contributed by atoms with Crippen molar-refractivity contribution in [3.05, 3.63) is 89.8 Å². The molecule has 0 saturated carbocycles. The average Bonchev–Trinajstić information content (AvgIpc) is 3.25. The number of benzene rings is 3. The quantitative estimate of drug-likeness (QED) is 0.331. The van der Waals surface area contributed by atoms with Crippen LogP contribution in [0.15, 0.2) is 78.4 Å². The number of nitriles is 1. The van der Waals surface area contributed by atoms with Crippen LogP contribution < -0.4 is 14.8 Å². The molecule has 7 heteroatoms. The molecule has 0 spiro atoms. The Morgan fingerprint density at radius 1 is 1.06 bits per heavy atom. The van der Waals surface area contributed by atoms with Crippen LogP contribution in [-0.4, -0.2) is 23.0 Å². The number of methoxy groups -OCH3 is 1. The number of carbonyl (C=O) groups excluding carboxylic acids is 1. The zero-order valence-corrected chi connectivity index (χ0v) is 17.3. The zero-order chi connectivity index (χ0) is 22.3. The minimum Gasteiger partial charge on any atom is -0.497 e. The van der Waals surface area contributed by atoms with Crippen LogP contribution in [0.25, 0.3) is 17.1 Å². The SMILES string of the molecule is COc1ccc(NC(=O)/C(C#N)=C/c2ccc(OCc3nc4ccccc4[nH]3)cc2)cc1. The number of amides is 1. The van der Waals surface area contributed by atoms with E-state index in [-0.39, 0.29) is 5.57 Å². The fourth-order valence-electron chi connectivity index (χ4n) is 3.07. The third-order valence-electron chi connectivity index (χ3n) is 4.72. The molecule has 3 aromatic carbocycles. The van der Waals surface area contributed by atoms with Crippen molar-refractivity contribution in [3.63, 3.8) is 0 Å². The predicted molar refractivity (Wildman–Crippen MR) is 122 cm³/mol. The molecule has 158 valence electrons. The summed E-state index contributed by atoms with van der Waals surface area (Å²) in [6, 6.07) is 23.7. The first-order valence-corrected chi connectivity index (χ1v) is 9.88. The van der Waals surface area contributed by atoms with Gasteiger partial charge in [0.2, 0.25) is 0 Å². The minimum atomic E-state index is -0.483. The summed E-state index contributed by atoms with van der Waals surface area (Å²) < 4.78 is 10.9. The highest BCUT2D eigenvalue weighted by molar-refractivity contribution is 6.09. The molecule has 32 heavy (non-hydrogen) atoms. The Morgan fingerprint density at radius 3 is 2.47 bits per heavy atom. The third kappa shape index (κ3) is 4.94. The number of aromatic nitrogens is 2. The smallest absolute Gasteiger partial charge is 0.266 e. The number of ether oxygens (including phenoxy) is 2. The van der Waals surface area contributed by atoms with E-state index in [0.29, 0.717) is 29.4 Å². The molecule has 1 amide bonds. The Balaban J connectivity index is 1.39. The van der Waals surface area contributed by atoms with Crippen molar-refractivity contribution in [1.82, 2.24) is 9.97 Å². The van der Waals surface area contributed by atoms with E-state index in [1.807, 2.05) is 30.3 Å². The minimum absolute atomic E-state index is 0.00300. The van der Waals surface area contributed by atoms with E-state index in [9.17, 15) is 10.1 Å². The molecule has 0 aliphatic heterocycles. The summed E-state index contributed by atoms with van der Waals surface area (Å²) in [6.45, 7) is 0.303. The fraction of sp³-hybridized carbons (Fsp3) is 0.0800. The fourth-order valence-corrected chi connectivity index (χ4v) is 3.07. The van der Waals surface area contributed by atoms with Gasteiger partial charge in [0, 0.05) is 5.69 Å². The van der Waals surface area contributed by atoms with Gasteiger partial charge in [0.25, 0.3) is 5.91 Å². The van der Waals surface area contributed by atoms with Gasteiger partial charge in [0.15, 0.2) is 0 Å². The van der Waals surface area contributed by atoms with Gasteiger partial charge in [-0.2, -0.15) is 5.26 Å². The van der Waals surface area contributed by atoms with Crippen LogP contribution in [0.3, 0.4) is 0 Å². The van der Waals surface area contributed by atoms with Crippen LogP contribution in [0.1, 0.15) is 11.4 Å². The first kappa shape index (κ1) is 20.7. The van der Waals surface area contributed by atoms with Gasteiger partial charge in [0.05, 0.1) is 18.1 Å². The van der Waals surface area contributed by atoms with E-state index in [0.717, 1.165) is 16.9 Å². The topological polar surface area (TPSA) is 100 Å². The van der Waals surface area contributed by atoms with E-state index >= 15 is 0 Å². The number of hydrogen-bond acceptors (Lipinski definition) is 5. The highest BCUT2D eigenvalue weighted by Crippen LogP contribution is 2.19. The number of para-hydroxylation sites is 2. The van der Waals surface area contributed by atoms with E-state index in [4.69, 9.17) is 9.47 Å². The molecule has 0 fully saturated rings. The molecule has 0 aliphatic carbocycles. The Hall–Kier alpha value is -4.57. The lowest BCUT2D eigenvalue weighted by Crippen LogP contribution is -2.13. The summed E-state index contributed by atoms with van der Waals surface area (Å²) in [5.74, 6) is 1.59. The molecule has 2 N–H and O–H groups in total. The Bertz CT molecular complexity index is 1270. The van der Waals surface area contributed by atoms with Gasteiger partial charge in [-0.25, -0.2) is 4.98 Å². The molecule has 0 aliphatic rings. The largest absolute Gasteiger partial charge is 0.497 e. The normalized spacial score (nSPS) is 11.1. The number of rotatable bonds is 7. The van der Waals surface area contributed by atoms with Crippen molar-refractivity contribution >= 4 is 28.7 Å². The van der Waals surface area contributed by atoms with Crippen LogP contribution in [0.5, 0.6) is 11.5 Å². The summed E-state index contributed by atoms with van der Waals surface area (Å²) in [6.07, 6.45) is 1.53. The summed E-state index contributed by atoms with van der Waals surface area (Å²) in [5.41, 5.74) is 3.14. The number of imidazole rings is 1. The first-order chi connectivity index (χ1) is 15.6. The number of fused-ring (bicyclic) bond motifs is 1. The van der Waals surface area contributed by atoms with Gasteiger partial charge in [-0.15, -0.1) is 0 Å². The number of nitrogens with one attached hydrogen (secondary N) is 2. The molecule has 7 nitrogen and oxygen atoms in total. The van der Waals surface area contributed by atoms with E-state index < -0.39 is 5.91 Å². The lowest BCUT2D eigenvalue weighted by atomic mass is 10.1. The van der Waals surface area contributed by atoms with Crippen LogP contribution in [0.4, 0.5) is 5.69 Å². The number of anilines is 1. The van der Waals surface area contributed by atoms with E-state index in [2.05, 4.69) is 15.3 Å². The Labute approximate surface area is 184 Å². The third-order valence-corrected chi connectivity index (χ3v) is 4.72. The van der Waals surface area contributed by atoms with Crippen LogP contribution in [0, 0.1) is 11.3 Å². The summed E-state index contributed by atoms with van der Waals surface area (Å²) in [5, 5.41) is 12.1. The highest BCUT2D eigenvalue weighted by atomic mass is 16.5. The summed E-state index contributed by atoms with van der Waals surface area (Å²) >= 11 is 0. The molecule has 0 atom stereocenters. The van der Waals surface area contributed by atoms with Gasteiger partial charge in [-0.05, 0) is 60.2 Å². The van der Waals surface area contributed by atoms with Crippen LogP contribution in [-0.2, 0) is 11.4 Å². The van der Waals surface area contributed by atoms with Gasteiger partial charge in [0.1, 0.15) is 35.6 Å². The monoisotopic (exact) mass is 424 g/mol. The molecular weight excluding hydrogens is 404 g/mol. The molecule has 0 radical (unpaired) electrons. The van der Waals surface area contributed by atoms with Crippen LogP contribution >= 0.6 is 0 Å². The van der Waals surface area contributed by atoms with Gasteiger partial charge >= 0.3 is 0 Å². The first-order valence-electron chi connectivity index (χ1n) is 9.88. The van der Waals surface area contributed by atoms with Gasteiger partial charge in [-0.3, -0.25) is 4.79 Å². The maximum absolute atomic E-state index is 12.4. The second kappa shape index (κ2) is 9.49. The van der Waals surface area contributed by atoms with Crippen molar-refractivity contribution in [2.24, 2.45) is 0 Å². The predicted octanol–water partition coefficient (Wildman–Crippen LogP) is 4.70. The molecule has 0 bridgehead atoms. The van der Waals surface area contributed by atoms with Crippen molar-refractivity contribution in [2.75, 3.05) is 12.4 Å². The molecule has 0 saturated heterocycles. The van der Waals surface area contributed by atoms with Crippen molar-refractivity contribution < 1.29 is 14.3 Å². The molecule has 4 rings (SSSR count). The second-order valence-electron chi connectivity index (χ2n) is 6.91. The number of carbonyl (C=O) groups is 1. The van der Waals surface area contributed by atoms with E-state index in [1.54, 1.807) is 55.6 Å². The maximum atomic E-state index is 12.4. The molecule has 1 aromatic heterocycles. The molecule has 4 aromatic rings. The summed E-state index contributed by atoms with van der Waals surface area (Å²) in [7, 11) is 1.57. The van der Waals surface area contributed by atoms with Gasteiger partial charge in [-0.1, -0.05) is 24.3 Å². The zero-order valence-electron chi connectivity index (χ0n) is 17.3. The Morgan fingerprint density at radius 2 is 1.78 bits per heavy atom. The van der Waals surface area contributed by atoms with Crippen LogP contribution in [0.2, 0.25) is 0 Å². The van der Waals surface area contributed by atoms with E-state index in [1.165, 1.54) is 6.08 Å². The molecule has 0 unspecified atom stereocenters. The standard InChI is InChI=1S/C25H20N4O3/c1-31-20-12-8-19(9-13-20)27-25(30)18(15-26)14-17-6-10-21(11-7-17)32-16-24-28-22-4-2-3-5-23(22)29-24/h2-14H,16H2,1H3,(H,27,30)(H,28,29)/b18-14+. The molecule has 1 heterocycles. The van der Waals surface area contributed by atoms with Crippen molar-refractivity contribution in [1.29, 1.82) is 5.26 Å². The maximum Gasteiger partial charge on any atom is 0.266 e. The highest BCUT2D eigenvalue weighted by Gasteiger charge is 2.10. The number of nitrogens with zero attached hydrogens (tertiary/aromatic N) is 2.